The van der Waals surface area contributed by atoms with Crippen molar-refractivity contribution in [2.45, 2.75) is 71.6 Å². The Morgan fingerprint density at radius 1 is 0.500 bits per heavy atom. The summed E-state index contributed by atoms with van der Waals surface area (Å²) in [4.78, 5) is 2.80. The van der Waals surface area contributed by atoms with Gasteiger partial charge >= 0.3 is 6.85 Å². The van der Waals surface area contributed by atoms with E-state index in [1.165, 1.54) is 135 Å². The highest BCUT2D eigenvalue weighted by molar-refractivity contribution is 7.27. The number of hydrogen-bond donors (Lipinski definition) is 0. The van der Waals surface area contributed by atoms with E-state index in [-0.39, 0.29) is 23.1 Å². The SMILES string of the molecule is CC(C)(C)c1ccc2c(c1)c1cc(C(C)(C)C)cc3c1n2-c1cc2c(c4c1B3N(c1cccc3c1sc1ccccc13)c1ccc3c(sc5ccccc53)c1-4)C(C)(C)c1ccccc1-2. The summed E-state index contributed by atoms with van der Waals surface area (Å²) >= 11 is 3.91. The molecule has 5 heterocycles. The van der Waals surface area contributed by atoms with Crippen molar-refractivity contribution in [2.24, 2.45) is 0 Å². The summed E-state index contributed by atoms with van der Waals surface area (Å²) in [6.45, 7) is 19.1. The normalized spacial score (nSPS) is 14.9. The standard InChI is InChI=1S/C59H47BN2S2/c1-57(2,3)32-24-26-44-39(28-32)41-29-33(58(4,5)6)30-43-54(41)61(44)47-31-40-34-16-9-12-20-42(34)59(7,8)52(40)51-50-45(27-25-38-36-18-11-14-23-49(36)64-56(38)50)62(60(43)53(47)51)46-21-15-19-37-35-17-10-13-22-48(35)63-55(37)46/h9-31H,1-8H3. The molecule has 0 fully saturated rings. The van der Waals surface area contributed by atoms with Gasteiger partial charge in [0.05, 0.1) is 15.7 Å². The van der Waals surface area contributed by atoms with Gasteiger partial charge in [0.15, 0.2) is 0 Å². The summed E-state index contributed by atoms with van der Waals surface area (Å²) in [5, 5.41) is 8.02. The number of thiophene rings is 2. The molecule has 0 bridgehead atoms. The molecular weight excluding hydrogens is 812 g/mol. The summed E-state index contributed by atoms with van der Waals surface area (Å²) in [5.74, 6) is 0. The fourth-order valence-electron chi connectivity index (χ4n) is 12.2. The quantitative estimate of drug-likeness (QED) is 0.149. The average molecular weight is 859 g/mol. The third-order valence-electron chi connectivity index (χ3n) is 15.2. The lowest BCUT2D eigenvalue weighted by Crippen LogP contribution is -2.61. The lowest BCUT2D eigenvalue weighted by molar-refractivity contribution is 0.590. The van der Waals surface area contributed by atoms with Crippen molar-refractivity contribution < 1.29 is 0 Å². The molecule has 0 radical (unpaired) electrons. The van der Waals surface area contributed by atoms with E-state index in [0.717, 1.165) is 0 Å². The van der Waals surface area contributed by atoms with E-state index < -0.39 is 0 Å². The van der Waals surface area contributed by atoms with Gasteiger partial charge in [-0.05, 0) is 109 Å². The van der Waals surface area contributed by atoms with E-state index in [0.29, 0.717) is 0 Å². The molecule has 0 saturated heterocycles. The Balaban J connectivity index is 1.24. The maximum Gasteiger partial charge on any atom is 0.333 e. The van der Waals surface area contributed by atoms with Gasteiger partial charge in [-0.2, -0.15) is 0 Å². The van der Waals surface area contributed by atoms with Crippen molar-refractivity contribution >= 4 is 114 Å². The van der Waals surface area contributed by atoms with Crippen LogP contribution in [-0.4, -0.2) is 11.4 Å². The van der Waals surface area contributed by atoms with Gasteiger partial charge in [0.2, 0.25) is 0 Å². The number of aromatic nitrogens is 1. The molecule has 3 aliphatic rings. The van der Waals surface area contributed by atoms with Crippen LogP contribution in [0.1, 0.15) is 77.6 Å². The summed E-state index contributed by atoms with van der Waals surface area (Å²) in [6, 6.07) is 54.4. The number of nitrogens with zero attached hydrogens (tertiary/aromatic N) is 2. The number of benzene rings is 8. The van der Waals surface area contributed by atoms with Crippen LogP contribution in [-0.2, 0) is 16.2 Å². The van der Waals surface area contributed by atoms with Crippen LogP contribution >= 0.6 is 22.7 Å². The van der Waals surface area contributed by atoms with Gasteiger partial charge in [0.25, 0.3) is 0 Å². The molecule has 2 nitrogen and oxygen atoms in total. The highest BCUT2D eigenvalue weighted by Crippen LogP contribution is 2.59. The number of fused-ring (bicyclic) bond motifs is 18. The summed E-state index contributed by atoms with van der Waals surface area (Å²) in [6.07, 6.45) is 0. The predicted molar refractivity (Wildman–Crippen MR) is 281 cm³/mol. The zero-order chi connectivity index (χ0) is 43.3. The first-order valence-corrected chi connectivity index (χ1v) is 24.5. The Hall–Kier alpha value is -6.14. The maximum absolute atomic E-state index is 2.80. The second kappa shape index (κ2) is 12.1. The summed E-state index contributed by atoms with van der Waals surface area (Å²) in [5.41, 5.74) is 20.2. The van der Waals surface area contributed by atoms with Crippen LogP contribution in [0.25, 0.3) is 90.1 Å². The second-order valence-corrected chi connectivity index (χ2v) is 23.4. The van der Waals surface area contributed by atoms with Crippen molar-refractivity contribution in [1.29, 1.82) is 0 Å². The molecule has 0 saturated carbocycles. The van der Waals surface area contributed by atoms with Crippen LogP contribution in [0, 0.1) is 0 Å². The molecule has 2 aliphatic heterocycles. The molecule has 0 atom stereocenters. The van der Waals surface area contributed by atoms with Crippen molar-refractivity contribution in [3.63, 3.8) is 0 Å². The molecule has 0 amide bonds. The minimum Gasteiger partial charge on any atom is -0.375 e. The molecule has 0 spiro atoms. The van der Waals surface area contributed by atoms with Gasteiger partial charge < -0.3 is 9.38 Å². The van der Waals surface area contributed by atoms with E-state index in [1.54, 1.807) is 0 Å². The molecular formula is C59H47BN2S2. The Morgan fingerprint density at radius 2 is 1.16 bits per heavy atom. The van der Waals surface area contributed by atoms with E-state index in [1.807, 2.05) is 22.7 Å². The van der Waals surface area contributed by atoms with E-state index >= 15 is 0 Å². The Labute approximate surface area is 382 Å². The minimum absolute atomic E-state index is 0.0108. The Bertz CT molecular complexity index is 3920. The van der Waals surface area contributed by atoms with Gasteiger partial charge in [-0.25, -0.2) is 0 Å². The number of anilines is 2. The van der Waals surface area contributed by atoms with Gasteiger partial charge in [-0.15, -0.1) is 22.7 Å². The molecule has 64 heavy (non-hydrogen) atoms. The van der Waals surface area contributed by atoms with E-state index in [2.05, 4.69) is 204 Å². The smallest absolute Gasteiger partial charge is 0.333 e. The lowest BCUT2D eigenvalue weighted by Gasteiger charge is -2.44. The molecule has 308 valence electrons. The molecule has 1 aliphatic carbocycles. The first-order valence-electron chi connectivity index (χ1n) is 22.9. The van der Waals surface area contributed by atoms with E-state index in [4.69, 9.17) is 0 Å². The molecule has 0 unspecified atom stereocenters. The topological polar surface area (TPSA) is 8.17 Å². The fraction of sp³-hybridized carbons (Fsp3) is 0.186. The lowest BCUT2D eigenvalue weighted by atomic mass is 9.43. The third-order valence-corrected chi connectivity index (χ3v) is 17.6. The minimum atomic E-state index is -0.228. The predicted octanol–water partition coefficient (Wildman–Crippen LogP) is 15.7. The molecule has 14 rings (SSSR count). The van der Waals surface area contributed by atoms with E-state index in [9.17, 15) is 0 Å². The molecule has 11 aromatic rings. The maximum atomic E-state index is 2.80. The summed E-state index contributed by atoms with van der Waals surface area (Å²) in [7, 11) is 0. The number of rotatable bonds is 1. The molecule has 5 heteroatoms. The third kappa shape index (κ3) is 4.62. The molecule has 8 aromatic carbocycles. The highest BCUT2D eigenvalue weighted by atomic mass is 32.1. The van der Waals surface area contributed by atoms with Gasteiger partial charge in [0, 0.05) is 74.5 Å². The van der Waals surface area contributed by atoms with Crippen LogP contribution in [0.3, 0.4) is 0 Å². The van der Waals surface area contributed by atoms with Crippen LogP contribution < -0.4 is 15.7 Å². The van der Waals surface area contributed by atoms with Crippen molar-refractivity contribution in [2.75, 3.05) is 4.81 Å². The zero-order valence-corrected chi connectivity index (χ0v) is 39.2. The first kappa shape index (κ1) is 37.3. The van der Waals surface area contributed by atoms with Crippen molar-refractivity contribution in [1.82, 2.24) is 4.57 Å². The largest absolute Gasteiger partial charge is 0.375 e. The Kier molecular flexibility index (Phi) is 7.07. The average Bonchev–Trinajstić information content (AvgIpc) is 4.01. The van der Waals surface area contributed by atoms with Crippen LogP contribution in [0.5, 0.6) is 0 Å². The van der Waals surface area contributed by atoms with Crippen LogP contribution in [0.4, 0.5) is 11.4 Å². The molecule has 3 aromatic heterocycles. The van der Waals surface area contributed by atoms with Crippen LogP contribution in [0.15, 0.2) is 140 Å². The van der Waals surface area contributed by atoms with Gasteiger partial charge in [-0.3, -0.25) is 0 Å². The van der Waals surface area contributed by atoms with Crippen molar-refractivity contribution in [3.05, 3.63) is 162 Å². The van der Waals surface area contributed by atoms with Crippen LogP contribution in [0.2, 0.25) is 0 Å². The van der Waals surface area contributed by atoms with Crippen molar-refractivity contribution in [3.8, 4) is 27.9 Å². The highest BCUT2D eigenvalue weighted by Gasteiger charge is 2.50. The Morgan fingerprint density at radius 3 is 1.91 bits per heavy atom. The second-order valence-electron chi connectivity index (χ2n) is 21.3. The van der Waals surface area contributed by atoms with Gasteiger partial charge in [0.1, 0.15) is 0 Å². The first-order chi connectivity index (χ1) is 30.8. The molecule has 0 N–H and O–H groups in total. The summed E-state index contributed by atoms with van der Waals surface area (Å²) < 4.78 is 8.07. The number of hydrogen-bond acceptors (Lipinski definition) is 3. The monoisotopic (exact) mass is 858 g/mol. The fourth-order valence-corrected chi connectivity index (χ4v) is 14.6. The zero-order valence-electron chi connectivity index (χ0n) is 37.6. The van der Waals surface area contributed by atoms with Gasteiger partial charge in [-0.1, -0.05) is 146 Å².